The molecule has 1 aliphatic heterocycles. The predicted octanol–water partition coefficient (Wildman–Crippen LogP) is 8.21. The molecule has 0 radical (unpaired) electrons. The molecule has 4 bridgehead atoms. The highest BCUT2D eigenvalue weighted by Crippen LogP contribution is 2.55. The zero-order valence-electron chi connectivity index (χ0n) is 31.6. The molecule has 0 spiro atoms. The van der Waals surface area contributed by atoms with Gasteiger partial charge in [-0.3, -0.25) is 4.90 Å². The van der Waals surface area contributed by atoms with Crippen molar-refractivity contribution in [3.63, 3.8) is 0 Å². The number of ether oxygens (including phenoxy) is 2. The van der Waals surface area contributed by atoms with Crippen molar-refractivity contribution in [2.45, 2.75) is 101 Å². The highest BCUT2D eigenvalue weighted by atomic mass is 16.7. The summed E-state index contributed by atoms with van der Waals surface area (Å²) in [5.41, 5.74) is 6.94. The number of nitrogens with zero attached hydrogens (tertiary/aromatic N) is 1. The molecule has 4 aromatic carbocycles. The number of carbonyl (C=O) groups is 1. The highest BCUT2D eigenvalue weighted by Gasteiger charge is 2.51. The van der Waals surface area contributed by atoms with Crippen molar-refractivity contribution in [3.05, 3.63) is 131 Å². The molecule has 5 unspecified atom stereocenters. The standard InChI is InChI=1S/C46H55N3O5/c1-30(43(51)38-8-4-3-5-9-38)49(2)28-41-23-42(37-13-11-31(29-50)12-14-37)54-44(53-41)39-17-15-36(16-18-39)40-10-6-7-32(22-40)27-47-45(52)48-46-24-33-19-34(25-46)21-35(20-33)26-46/h3-18,22,30,33-35,41-44,50-51H,19-21,23-29H2,1-2H3,(H2,47,48,52). The van der Waals surface area contributed by atoms with Gasteiger partial charge in [0.15, 0.2) is 6.29 Å². The number of nitrogens with one attached hydrogen (secondary N) is 2. The van der Waals surface area contributed by atoms with Crippen LogP contribution in [0.15, 0.2) is 103 Å². The van der Waals surface area contributed by atoms with Crippen molar-refractivity contribution in [1.82, 2.24) is 15.5 Å². The fourth-order valence-electron chi connectivity index (χ4n) is 10.1. The maximum Gasteiger partial charge on any atom is 0.315 e. The monoisotopic (exact) mass is 729 g/mol. The number of carbonyl (C=O) groups excluding carboxylic acids is 1. The highest BCUT2D eigenvalue weighted by molar-refractivity contribution is 5.75. The molecule has 1 saturated heterocycles. The number of amides is 2. The first kappa shape index (κ1) is 36.9. The summed E-state index contributed by atoms with van der Waals surface area (Å²) in [5, 5.41) is 27.3. The van der Waals surface area contributed by atoms with Gasteiger partial charge in [0.25, 0.3) is 0 Å². The van der Waals surface area contributed by atoms with Crippen LogP contribution in [0.25, 0.3) is 11.1 Å². The van der Waals surface area contributed by atoms with Gasteiger partial charge in [-0.2, -0.15) is 0 Å². The minimum absolute atomic E-state index is 0.00201. The van der Waals surface area contributed by atoms with Gasteiger partial charge in [-0.1, -0.05) is 97.1 Å². The molecule has 284 valence electrons. The van der Waals surface area contributed by atoms with Crippen LogP contribution >= 0.6 is 0 Å². The molecular weight excluding hydrogens is 675 g/mol. The first-order chi connectivity index (χ1) is 26.2. The Labute approximate surface area is 319 Å². The van der Waals surface area contributed by atoms with Crippen LogP contribution < -0.4 is 10.6 Å². The number of hydrogen-bond acceptors (Lipinski definition) is 6. The van der Waals surface area contributed by atoms with E-state index in [-0.39, 0.29) is 36.4 Å². The number of likely N-dealkylation sites (N-methyl/N-ethyl adjacent to an activating group) is 1. The summed E-state index contributed by atoms with van der Waals surface area (Å²) >= 11 is 0. The van der Waals surface area contributed by atoms with E-state index >= 15 is 0 Å². The van der Waals surface area contributed by atoms with E-state index in [9.17, 15) is 15.0 Å². The van der Waals surface area contributed by atoms with E-state index in [1.54, 1.807) is 0 Å². The molecule has 1 heterocycles. The Bertz CT molecular complexity index is 1830. The van der Waals surface area contributed by atoms with Crippen LogP contribution in [0.1, 0.15) is 98.2 Å². The molecule has 4 aromatic rings. The predicted molar refractivity (Wildman–Crippen MR) is 210 cm³/mol. The number of benzene rings is 4. The second-order valence-electron chi connectivity index (χ2n) is 16.7. The van der Waals surface area contributed by atoms with Gasteiger partial charge < -0.3 is 30.3 Å². The first-order valence-corrected chi connectivity index (χ1v) is 19.9. The van der Waals surface area contributed by atoms with Crippen LogP contribution in [0, 0.1) is 17.8 Å². The first-order valence-electron chi connectivity index (χ1n) is 19.9. The molecule has 0 aromatic heterocycles. The van der Waals surface area contributed by atoms with Crippen LogP contribution in [0.4, 0.5) is 4.79 Å². The number of aliphatic hydroxyl groups excluding tert-OH is 2. The third-order valence-corrected chi connectivity index (χ3v) is 12.7. The van der Waals surface area contributed by atoms with Gasteiger partial charge in [-0.05, 0) is 110 Å². The smallest absolute Gasteiger partial charge is 0.315 e. The largest absolute Gasteiger partial charge is 0.392 e. The minimum atomic E-state index is -0.626. The lowest BCUT2D eigenvalue weighted by Gasteiger charge is -2.56. The molecule has 8 nitrogen and oxygen atoms in total. The summed E-state index contributed by atoms with van der Waals surface area (Å²) in [6.45, 7) is 3.14. The molecule has 5 fully saturated rings. The SMILES string of the molecule is CC(C(O)c1ccccc1)N(C)CC1CC(c2ccc(CO)cc2)OC(c2ccc(-c3cccc(CNC(=O)NC45CC6CC(CC(C6)C4)C5)c3)cc2)O1. The van der Waals surface area contributed by atoms with Crippen LogP contribution in [0.2, 0.25) is 0 Å². The van der Waals surface area contributed by atoms with Crippen molar-refractivity contribution < 1.29 is 24.5 Å². The summed E-state index contributed by atoms with van der Waals surface area (Å²) in [5.74, 6) is 2.37. The molecule has 4 aliphatic carbocycles. The summed E-state index contributed by atoms with van der Waals surface area (Å²) in [6, 6.07) is 34.3. The van der Waals surface area contributed by atoms with Gasteiger partial charge >= 0.3 is 6.03 Å². The van der Waals surface area contributed by atoms with E-state index in [1.807, 2.05) is 74.6 Å². The third kappa shape index (κ3) is 8.28. The normalized spacial score (nSPS) is 28.5. The molecule has 9 rings (SSSR count). The molecule has 4 saturated carbocycles. The molecule has 5 aliphatic rings. The van der Waals surface area contributed by atoms with Gasteiger partial charge in [0.2, 0.25) is 0 Å². The maximum atomic E-state index is 13.1. The second-order valence-corrected chi connectivity index (χ2v) is 16.7. The van der Waals surface area contributed by atoms with Crippen LogP contribution in [0.3, 0.4) is 0 Å². The van der Waals surface area contributed by atoms with Gasteiger partial charge in [-0.25, -0.2) is 4.79 Å². The molecule has 5 atom stereocenters. The van der Waals surface area contributed by atoms with Gasteiger partial charge in [0.1, 0.15) is 0 Å². The molecule has 4 N–H and O–H groups in total. The fraction of sp³-hybridized carbons (Fsp3) is 0.457. The average Bonchev–Trinajstić information content (AvgIpc) is 3.19. The lowest BCUT2D eigenvalue weighted by atomic mass is 9.53. The molecule has 8 heteroatoms. The molecule has 54 heavy (non-hydrogen) atoms. The van der Waals surface area contributed by atoms with Crippen LogP contribution in [-0.4, -0.2) is 52.4 Å². The van der Waals surface area contributed by atoms with Crippen molar-refractivity contribution in [2.75, 3.05) is 13.6 Å². The van der Waals surface area contributed by atoms with E-state index in [1.165, 1.54) is 19.3 Å². The van der Waals surface area contributed by atoms with E-state index in [4.69, 9.17) is 9.47 Å². The lowest BCUT2D eigenvalue weighted by molar-refractivity contribution is -0.253. The zero-order valence-corrected chi connectivity index (χ0v) is 31.6. The number of aliphatic hydroxyl groups is 2. The van der Waals surface area contributed by atoms with Gasteiger partial charge in [0.05, 0.1) is 24.9 Å². The summed E-state index contributed by atoms with van der Waals surface area (Å²) in [6.07, 6.45) is 6.61. The number of rotatable bonds is 12. The van der Waals surface area contributed by atoms with Gasteiger partial charge in [-0.15, -0.1) is 0 Å². The Kier molecular flexibility index (Phi) is 10.9. The minimum Gasteiger partial charge on any atom is -0.392 e. The summed E-state index contributed by atoms with van der Waals surface area (Å²) in [7, 11) is 2.03. The Morgan fingerprint density at radius 2 is 1.46 bits per heavy atom. The Balaban J connectivity index is 0.926. The summed E-state index contributed by atoms with van der Waals surface area (Å²) < 4.78 is 13.3. The van der Waals surface area contributed by atoms with E-state index in [2.05, 4.69) is 58.0 Å². The van der Waals surface area contributed by atoms with E-state index in [0.717, 1.165) is 76.0 Å². The lowest BCUT2D eigenvalue weighted by Crippen LogP contribution is -2.61. The van der Waals surface area contributed by atoms with Crippen molar-refractivity contribution in [1.29, 1.82) is 0 Å². The van der Waals surface area contributed by atoms with Gasteiger partial charge in [0, 0.05) is 36.7 Å². The van der Waals surface area contributed by atoms with E-state index in [0.29, 0.717) is 19.5 Å². The molecular formula is C46H55N3O5. The Morgan fingerprint density at radius 3 is 2.13 bits per heavy atom. The summed E-state index contributed by atoms with van der Waals surface area (Å²) in [4.78, 5) is 15.3. The van der Waals surface area contributed by atoms with E-state index < -0.39 is 12.4 Å². The quantitative estimate of drug-likeness (QED) is 0.117. The Hall–Kier alpha value is -4.05. The topological polar surface area (TPSA) is 103 Å². The van der Waals surface area contributed by atoms with Crippen LogP contribution in [0.5, 0.6) is 0 Å². The number of hydrogen-bond donors (Lipinski definition) is 4. The van der Waals surface area contributed by atoms with Crippen molar-refractivity contribution in [2.24, 2.45) is 17.8 Å². The third-order valence-electron chi connectivity index (χ3n) is 12.7. The molecule has 2 amide bonds. The maximum absolute atomic E-state index is 13.1. The Morgan fingerprint density at radius 1 is 0.796 bits per heavy atom. The van der Waals surface area contributed by atoms with Crippen LogP contribution in [-0.2, 0) is 22.6 Å². The van der Waals surface area contributed by atoms with Crippen molar-refractivity contribution in [3.8, 4) is 11.1 Å². The number of urea groups is 1. The second kappa shape index (κ2) is 16.0. The zero-order chi connectivity index (χ0) is 37.2. The fourth-order valence-corrected chi connectivity index (χ4v) is 10.1. The van der Waals surface area contributed by atoms with Crippen molar-refractivity contribution >= 4 is 6.03 Å². The average molecular weight is 730 g/mol.